The van der Waals surface area contributed by atoms with E-state index in [-0.39, 0.29) is 12.4 Å². The van der Waals surface area contributed by atoms with Gasteiger partial charge in [-0.15, -0.1) is 0 Å². The Morgan fingerprint density at radius 2 is 1.79 bits per heavy atom. The molecule has 0 aliphatic heterocycles. The third-order valence-corrected chi connectivity index (χ3v) is 3.08. The number of ether oxygens (including phenoxy) is 1. The second-order valence-electron chi connectivity index (χ2n) is 5.10. The minimum Gasteiger partial charge on any atom is -0.466 e. The summed E-state index contributed by atoms with van der Waals surface area (Å²) in [6.07, 6.45) is 0.886. The first-order valence-corrected chi connectivity index (χ1v) is 6.98. The Hall–Kier alpha value is -1.35. The van der Waals surface area contributed by atoms with Gasteiger partial charge in [-0.3, -0.25) is 4.79 Å². The molecule has 0 aromatic heterocycles. The van der Waals surface area contributed by atoms with E-state index in [0.717, 1.165) is 12.0 Å². The third kappa shape index (κ3) is 5.43. The summed E-state index contributed by atoms with van der Waals surface area (Å²) in [6, 6.07) is 7.91. The Bertz CT molecular complexity index is 381. The molecule has 0 aliphatic rings. The molecular formula is C16H24O3. The van der Waals surface area contributed by atoms with Gasteiger partial charge >= 0.3 is 5.97 Å². The smallest absolute Gasteiger partial charge is 0.305 e. The highest BCUT2D eigenvalue weighted by Crippen LogP contribution is 2.21. The van der Waals surface area contributed by atoms with Crippen LogP contribution in [0.2, 0.25) is 0 Å². The monoisotopic (exact) mass is 264 g/mol. The molecule has 1 aromatic rings. The average Bonchev–Trinajstić information content (AvgIpc) is 2.42. The van der Waals surface area contributed by atoms with Crippen molar-refractivity contribution in [3.8, 4) is 0 Å². The van der Waals surface area contributed by atoms with Crippen molar-refractivity contribution in [1.82, 2.24) is 0 Å². The van der Waals surface area contributed by atoms with Gasteiger partial charge in [-0.25, -0.2) is 0 Å². The number of carbonyl (C=O) groups excluding carboxylic acids is 1. The van der Waals surface area contributed by atoms with E-state index in [1.54, 1.807) is 0 Å². The van der Waals surface area contributed by atoms with E-state index >= 15 is 0 Å². The van der Waals surface area contributed by atoms with Crippen molar-refractivity contribution in [3.05, 3.63) is 35.4 Å². The lowest BCUT2D eigenvalue weighted by molar-refractivity contribution is -0.144. The topological polar surface area (TPSA) is 46.5 Å². The van der Waals surface area contributed by atoms with Crippen LogP contribution in [-0.4, -0.2) is 17.7 Å². The maximum atomic E-state index is 11.3. The largest absolute Gasteiger partial charge is 0.466 e. The quantitative estimate of drug-likeness (QED) is 0.766. The number of benzene rings is 1. The fourth-order valence-electron chi connectivity index (χ4n) is 1.81. The van der Waals surface area contributed by atoms with Gasteiger partial charge in [-0.05, 0) is 29.9 Å². The summed E-state index contributed by atoms with van der Waals surface area (Å²) in [6.45, 7) is 6.68. The van der Waals surface area contributed by atoms with E-state index in [2.05, 4.69) is 13.8 Å². The zero-order valence-electron chi connectivity index (χ0n) is 12.1. The van der Waals surface area contributed by atoms with Gasteiger partial charge in [0.2, 0.25) is 0 Å². The van der Waals surface area contributed by atoms with E-state index in [9.17, 15) is 9.90 Å². The second-order valence-corrected chi connectivity index (χ2v) is 5.10. The molecule has 0 saturated carbocycles. The highest BCUT2D eigenvalue weighted by molar-refractivity contribution is 5.69. The van der Waals surface area contributed by atoms with Gasteiger partial charge in [0.05, 0.1) is 12.7 Å². The van der Waals surface area contributed by atoms with Crippen LogP contribution in [-0.2, 0) is 9.53 Å². The molecule has 0 fully saturated rings. The summed E-state index contributed by atoms with van der Waals surface area (Å²) < 4.78 is 4.98. The number of aliphatic hydroxyl groups is 1. The number of carbonyl (C=O) groups is 1. The maximum absolute atomic E-state index is 11.3. The lowest BCUT2D eigenvalue weighted by Gasteiger charge is -2.12. The van der Waals surface area contributed by atoms with Crippen LogP contribution in [0.4, 0.5) is 0 Å². The normalized spacial score (nSPS) is 12.5. The van der Waals surface area contributed by atoms with Crippen molar-refractivity contribution >= 4 is 5.97 Å². The van der Waals surface area contributed by atoms with Crippen molar-refractivity contribution < 1.29 is 14.6 Å². The minimum absolute atomic E-state index is 0.236. The fourth-order valence-corrected chi connectivity index (χ4v) is 1.81. The van der Waals surface area contributed by atoms with Crippen molar-refractivity contribution in [1.29, 1.82) is 0 Å². The first kappa shape index (κ1) is 15.7. The molecule has 0 bridgehead atoms. The number of esters is 1. The maximum Gasteiger partial charge on any atom is 0.305 e. The van der Waals surface area contributed by atoms with Crippen LogP contribution in [0.1, 0.15) is 63.2 Å². The van der Waals surface area contributed by atoms with Gasteiger partial charge in [-0.1, -0.05) is 45.0 Å². The second kappa shape index (κ2) is 7.95. The van der Waals surface area contributed by atoms with E-state index in [1.165, 1.54) is 5.56 Å². The van der Waals surface area contributed by atoms with Crippen LogP contribution in [0.15, 0.2) is 24.3 Å². The molecule has 1 N–H and O–H groups in total. The Morgan fingerprint density at radius 1 is 1.21 bits per heavy atom. The fraction of sp³-hybridized carbons (Fsp3) is 0.562. The summed E-state index contributed by atoms with van der Waals surface area (Å²) >= 11 is 0. The first-order chi connectivity index (χ1) is 9.04. The third-order valence-electron chi connectivity index (χ3n) is 3.08. The molecular weight excluding hydrogens is 240 g/mol. The molecule has 0 aliphatic carbocycles. The number of rotatable bonds is 7. The molecule has 1 rings (SSSR count). The molecule has 1 unspecified atom stereocenters. The Morgan fingerprint density at radius 3 is 2.32 bits per heavy atom. The predicted molar refractivity (Wildman–Crippen MR) is 76.0 cm³/mol. The van der Waals surface area contributed by atoms with Crippen LogP contribution < -0.4 is 0 Å². The van der Waals surface area contributed by atoms with Crippen LogP contribution in [0, 0.1) is 0 Å². The standard InChI is InChI=1S/C16H24O3/c1-4-11-19-16(18)10-9-15(17)14-7-5-13(6-8-14)12(2)3/h5-8,12,15,17H,4,9-11H2,1-3H3. The molecule has 0 heterocycles. The molecule has 0 saturated heterocycles. The van der Waals surface area contributed by atoms with E-state index in [1.807, 2.05) is 31.2 Å². The van der Waals surface area contributed by atoms with Gasteiger partial charge in [0, 0.05) is 6.42 Å². The van der Waals surface area contributed by atoms with Crippen LogP contribution in [0.3, 0.4) is 0 Å². The summed E-state index contributed by atoms with van der Waals surface area (Å²) in [5.41, 5.74) is 2.10. The first-order valence-electron chi connectivity index (χ1n) is 6.98. The zero-order chi connectivity index (χ0) is 14.3. The summed E-state index contributed by atoms with van der Waals surface area (Å²) in [5.74, 6) is 0.245. The van der Waals surface area contributed by atoms with Crippen LogP contribution >= 0.6 is 0 Å². The summed E-state index contributed by atoms with van der Waals surface area (Å²) in [5, 5.41) is 10.0. The van der Waals surface area contributed by atoms with Gasteiger partial charge < -0.3 is 9.84 Å². The van der Waals surface area contributed by atoms with Crippen LogP contribution in [0.5, 0.6) is 0 Å². The minimum atomic E-state index is -0.601. The van der Waals surface area contributed by atoms with E-state index in [4.69, 9.17) is 4.74 Å². The molecule has 0 spiro atoms. The Balaban J connectivity index is 2.44. The molecule has 1 atom stereocenters. The van der Waals surface area contributed by atoms with E-state index in [0.29, 0.717) is 18.9 Å². The average molecular weight is 264 g/mol. The lowest BCUT2D eigenvalue weighted by atomic mass is 9.98. The number of hydrogen-bond acceptors (Lipinski definition) is 3. The van der Waals surface area contributed by atoms with Crippen LogP contribution in [0.25, 0.3) is 0 Å². The van der Waals surface area contributed by atoms with Gasteiger partial charge in [0.15, 0.2) is 0 Å². The summed E-state index contributed by atoms with van der Waals surface area (Å²) in [7, 11) is 0. The molecule has 19 heavy (non-hydrogen) atoms. The number of hydrogen-bond donors (Lipinski definition) is 1. The van der Waals surface area contributed by atoms with Gasteiger partial charge in [0.1, 0.15) is 0 Å². The zero-order valence-corrected chi connectivity index (χ0v) is 12.1. The molecule has 1 aromatic carbocycles. The molecule has 3 nitrogen and oxygen atoms in total. The SMILES string of the molecule is CCCOC(=O)CCC(O)c1ccc(C(C)C)cc1. The van der Waals surface area contributed by atoms with Crippen molar-refractivity contribution in [3.63, 3.8) is 0 Å². The highest BCUT2D eigenvalue weighted by atomic mass is 16.5. The van der Waals surface area contributed by atoms with Crippen molar-refractivity contribution in [2.24, 2.45) is 0 Å². The Kier molecular flexibility index (Phi) is 6.57. The molecule has 3 heteroatoms. The Labute approximate surface area is 115 Å². The predicted octanol–water partition coefficient (Wildman–Crippen LogP) is 3.58. The van der Waals surface area contributed by atoms with Gasteiger partial charge in [-0.2, -0.15) is 0 Å². The molecule has 106 valence electrons. The summed E-state index contributed by atoms with van der Waals surface area (Å²) in [4.78, 5) is 11.3. The van der Waals surface area contributed by atoms with Crippen molar-refractivity contribution in [2.75, 3.05) is 6.61 Å². The van der Waals surface area contributed by atoms with Crippen molar-refractivity contribution in [2.45, 2.75) is 52.1 Å². The number of aliphatic hydroxyl groups excluding tert-OH is 1. The molecule has 0 amide bonds. The lowest BCUT2D eigenvalue weighted by Crippen LogP contribution is -2.08. The molecule has 0 radical (unpaired) electrons. The highest BCUT2D eigenvalue weighted by Gasteiger charge is 2.11. The van der Waals surface area contributed by atoms with E-state index < -0.39 is 6.10 Å². The van der Waals surface area contributed by atoms with Gasteiger partial charge in [0.25, 0.3) is 0 Å².